The summed E-state index contributed by atoms with van der Waals surface area (Å²) in [5.41, 5.74) is 15.2. The number of aromatic nitrogens is 2. The van der Waals surface area contributed by atoms with Crippen LogP contribution in [0.5, 0.6) is 0 Å². The molecule has 0 saturated carbocycles. The molecule has 1 aromatic heterocycles. The van der Waals surface area contributed by atoms with Crippen LogP contribution < -0.4 is 21.3 Å². The summed E-state index contributed by atoms with van der Waals surface area (Å²) >= 11 is 0.933. The van der Waals surface area contributed by atoms with Crippen molar-refractivity contribution in [2.75, 3.05) is 36.5 Å². The second kappa shape index (κ2) is 10.0. The highest BCUT2D eigenvalue weighted by Crippen LogP contribution is 2.34. The molecule has 12 heteroatoms. The smallest absolute Gasteiger partial charge is 0.277 e. The summed E-state index contributed by atoms with van der Waals surface area (Å²) in [5, 5.41) is 5.12. The summed E-state index contributed by atoms with van der Waals surface area (Å²) in [4.78, 5) is 38.2. The molecule has 3 aromatic rings. The zero-order chi connectivity index (χ0) is 25.2. The lowest BCUT2D eigenvalue weighted by Gasteiger charge is -2.29. The molecule has 5 rings (SSSR count). The van der Waals surface area contributed by atoms with E-state index in [9.17, 15) is 9.59 Å². The first kappa shape index (κ1) is 23.9. The Hall–Kier alpha value is -3.87. The van der Waals surface area contributed by atoms with Crippen LogP contribution in [0.4, 0.5) is 11.4 Å². The summed E-state index contributed by atoms with van der Waals surface area (Å²) in [6.45, 7) is 2.00. The van der Waals surface area contributed by atoms with Gasteiger partial charge >= 0.3 is 0 Å². The second-order valence-corrected chi connectivity index (χ2v) is 8.93. The number of primary amides is 1. The standard InChI is InChI=1S/C24H25N7O4S/c1-34-35-36-22-19-10-13-29(16-6-8-17(9-7-16)30-12-3-11-27-24(30)26)23(33)20(19)31(28-22)18-5-2-4-15(14-18)21(25)32/h2,4-9,14H,3,10-13H2,1H3,(H2,25,32)(H2,26,27). The summed E-state index contributed by atoms with van der Waals surface area (Å²) in [6.07, 6.45) is 1.49. The minimum Gasteiger partial charge on any atom is -0.370 e. The Bertz CT molecular complexity index is 1340. The number of guanidine groups is 1. The molecule has 2 aromatic carbocycles. The molecule has 36 heavy (non-hydrogen) atoms. The molecular formula is C24H25N7O4S. The SMILES string of the molecule is COOSc1nn(-c2cccc(C(N)=O)c2)c2c1CCN(c1ccc(N3CCCN=C3N)cc1)C2=O. The number of amides is 2. The number of carbonyl (C=O) groups is 2. The lowest BCUT2D eigenvalue weighted by molar-refractivity contribution is -0.160. The summed E-state index contributed by atoms with van der Waals surface area (Å²) < 4.78 is 6.56. The lowest BCUT2D eigenvalue weighted by atomic mass is 10.1. The minimum atomic E-state index is -0.567. The van der Waals surface area contributed by atoms with Gasteiger partial charge in [-0.25, -0.2) is 9.57 Å². The van der Waals surface area contributed by atoms with E-state index < -0.39 is 5.91 Å². The van der Waals surface area contributed by atoms with Gasteiger partial charge in [0.2, 0.25) is 5.91 Å². The van der Waals surface area contributed by atoms with Crippen molar-refractivity contribution in [3.05, 3.63) is 65.4 Å². The van der Waals surface area contributed by atoms with Gasteiger partial charge in [-0.05, 0) is 55.3 Å². The molecule has 2 aliphatic rings. The first-order valence-corrected chi connectivity index (χ1v) is 12.1. The van der Waals surface area contributed by atoms with Crippen molar-refractivity contribution in [2.24, 2.45) is 16.5 Å². The van der Waals surface area contributed by atoms with Gasteiger partial charge in [-0.3, -0.25) is 14.6 Å². The topological polar surface area (TPSA) is 141 Å². The van der Waals surface area contributed by atoms with E-state index in [1.54, 1.807) is 29.2 Å². The Kier molecular flexibility index (Phi) is 6.63. The van der Waals surface area contributed by atoms with E-state index in [0.29, 0.717) is 40.9 Å². The van der Waals surface area contributed by atoms with Crippen molar-refractivity contribution in [1.29, 1.82) is 0 Å². The normalized spacial score (nSPS) is 15.6. The molecule has 0 bridgehead atoms. The van der Waals surface area contributed by atoms with Crippen LogP contribution in [0, 0.1) is 0 Å². The minimum absolute atomic E-state index is 0.218. The lowest BCUT2D eigenvalue weighted by Crippen LogP contribution is -2.41. The van der Waals surface area contributed by atoms with Gasteiger partial charge in [-0.1, -0.05) is 6.07 Å². The van der Waals surface area contributed by atoms with E-state index in [1.807, 2.05) is 29.2 Å². The van der Waals surface area contributed by atoms with Crippen molar-refractivity contribution in [2.45, 2.75) is 17.9 Å². The Morgan fingerprint density at radius 1 is 1.06 bits per heavy atom. The molecule has 0 saturated heterocycles. The number of rotatable bonds is 7. The third-order valence-electron chi connectivity index (χ3n) is 6.10. The maximum atomic E-state index is 13.8. The van der Waals surface area contributed by atoms with Crippen LogP contribution in [0.2, 0.25) is 0 Å². The van der Waals surface area contributed by atoms with Gasteiger partial charge in [0.15, 0.2) is 11.0 Å². The van der Waals surface area contributed by atoms with Gasteiger partial charge in [0.1, 0.15) is 5.69 Å². The van der Waals surface area contributed by atoms with E-state index in [4.69, 9.17) is 20.7 Å². The van der Waals surface area contributed by atoms with Crippen molar-refractivity contribution < 1.29 is 18.8 Å². The number of fused-ring (bicyclic) bond motifs is 1. The molecule has 0 atom stereocenters. The van der Waals surface area contributed by atoms with E-state index in [2.05, 4.69) is 10.1 Å². The van der Waals surface area contributed by atoms with Crippen LogP contribution >= 0.6 is 12.0 Å². The first-order chi connectivity index (χ1) is 17.5. The highest BCUT2D eigenvalue weighted by atomic mass is 32.2. The Morgan fingerprint density at radius 2 is 1.81 bits per heavy atom. The fourth-order valence-electron chi connectivity index (χ4n) is 4.38. The Morgan fingerprint density at radius 3 is 2.50 bits per heavy atom. The largest absolute Gasteiger partial charge is 0.370 e. The molecule has 186 valence electrons. The monoisotopic (exact) mass is 507 g/mol. The molecule has 0 unspecified atom stereocenters. The number of anilines is 2. The van der Waals surface area contributed by atoms with E-state index in [0.717, 1.165) is 48.5 Å². The average Bonchev–Trinajstić information content (AvgIpc) is 3.28. The highest BCUT2D eigenvalue weighted by molar-refractivity contribution is 7.94. The molecule has 11 nitrogen and oxygen atoms in total. The Labute approximate surface area is 211 Å². The maximum Gasteiger partial charge on any atom is 0.277 e. The summed E-state index contributed by atoms with van der Waals surface area (Å²) in [6, 6.07) is 14.4. The molecule has 3 heterocycles. The number of nitrogens with zero attached hydrogens (tertiary/aromatic N) is 5. The highest BCUT2D eigenvalue weighted by Gasteiger charge is 2.34. The molecule has 0 radical (unpaired) electrons. The molecule has 0 aliphatic carbocycles. The van der Waals surface area contributed by atoms with E-state index in [-0.39, 0.29) is 5.91 Å². The van der Waals surface area contributed by atoms with Gasteiger partial charge in [-0.15, -0.1) is 0 Å². The number of carbonyl (C=O) groups excluding carboxylic acids is 2. The molecule has 0 spiro atoms. The van der Waals surface area contributed by atoms with Crippen LogP contribution in [0.1, 0.15) is 32.8 Å². The summed E-state index contributed by atoms with van der Waals surface area (Å²) in [5.74, 6) is -0.287. The van der Waals surface area contributed by atoms with Crippen LogP contribution in [0.3, 0.4) is 0 Å². The first-order valence-electron chi connectivity index (χ1n) is 11.4. The van der Waals surface area contributed by atoms with Crippen LogP contribution in [0.15, 0.2) is 58.5 Å². The van der Waals surface area contributed by atoms with E-state index in [1.165, 1.54) is 11.8 Å². The van der Waals surface area contributed by atoms with E-state index >= 15 is 0 Å². The van der Waals surface area contributed by atoms with Crippen molar-refractivity contribution >= 4 is 41.2 Å². The zero-order valence-corrected chi connectivity index (χ0v) is 20.4. The van der Waals surface area contributed by atoms with Gasteiger partial charge < -0.3 is 21.3 Å². The number of benzene rings is 2. The fraction of sp³-hybridized carbons (Fsp3) is 0.250. The number of hydrogen-bond acceptors (Lipinski definition) is 9. The predicted octanol–water partition coefficient (Wildman–Crippen LogP) is 2.28. The van der Waals surface area contributed by atoms with Gasteiger partial charge in [0.25, 0.3) is 5.91 Å². The Balaban J connectivity index is 1.50. The molecule has 4 N–H and O–H groups in total. The van der Waals surface area contributed by atoms with Crippen molar-refractivity contribution in [1.82, 2.24) is 9.78 Å². The average molecular weight is 508 g/mol. The molecular weight excluding hydrogens is 482 g/mol. The molecule has 2 amide bonds. The van der Waals surface area contributed by atoms with Gasteiger partial charge in [0, 0.05) is 42.1 Å². The molecule has 0 fully saturated rings. The van der Waals surface area contributed by atoms with Crippen molar-refractivity contribution in [3.8, 4) is 5.69 Å². The van der Waals surface area contributed by atoms with Gasteiger partial charge in [0.05, 0.1) is 24.8 Å². The quantitative estimate of drug-likeness (QED) is 0.282. The third-order valence-corrected chi connectivity index (χ3v) is 6.79. The number of hydrogen-bond donors (Lipinski definition) is 2. The van der Waals surface area contributed by atoms with Gasteiger partial charge in [-0.2, -0.15) is 9.43 Å². The predicted molar refractivity (Wildman–Crippen MR) is 136 cm³/mol. The van der Waals surface area contributed by atoms with Crippen LogP contribution in [0.25, 0.3) is 5.69 Å². The maximum absolute atomic E-state index is 13.8. The van der Waals surface area contributed by atoms with Crippen LogP contribution in [-0.2, 0) is 15.6 Å². The zero-order valence-electron chi connectivity index (χ0n) is 19.6. The number of aliphatic imine (C=N–C) groups is 1. The number of nitrogens with two attached hydrogens (primary N) is 2. The summed E-state index contributed by atoms with van der Waals surface area (Å²) in [7, 11) is 1.40. The van der Waals surface area contributed by atoms with Crippen LogP contribution in [-0.4, -0.2) is 54.3 Å². The van der Waals surface area contributed by atoms with Crippen molar-refractivity contribution in [3.63, 3.8) is 0 Å². The molecule has 2 aliphatic heterocycles. The fourth-order valence-corrected chi connectivity index (χ4v) is 4.93. The second-order valence-electron chi connectivity index (χ2n) is 8.25. The third kappa shape index (κ3) is 4.41.